The number of para-hydroxylation sites is 3. The van der Waals surface area contributed by atoms with E-state index in [2.05, 4.69) is 34.6 Å². The summed E-state index contributed by atoms with van der Waals surface area (Å²) in [6, 6.07) is 16.3. The molecule has 1 aliphatic heterocycles. The number of benzene rings is 2. The van der Waals surface area contributed by atoms with Crippen molar-refractivity contribution in [2.45, 2.75) is 6.04 Å². The zero-order valence-electron chi connectivity index (χ0n) is 10.8. The number of nitrogens with one attached hydrogen (secondary N) is 1. The summed E-state index contributed by atoms with van der Waals surface area (Å²) < 4.78 is 0. The molecule has 2 heterocycles. The van der Waals surface area contributed by atoms with E-state index in [1.807, 2.05) is 42.6 Å². The molecule has 1 unspecified atom stereocenters. The predicted octanol–water partition coefficient (Wildman–Crippen LogP) is 3.81. The molecule has 2 aromatic carbocycles. The molecule has 4 rings (SSSR count). The summed E-state index contributed by atoms with van der Waals surface area (Å²) in [6.45, 7) is 0. The van der Waals surface area contributed by atoms with Gasteiger partial charge in [0.25, 0.3) is 0 Å². The summed E-state index contributed by atoms with van der Waals surface area (Å²) in [6.07, 6.45) is 6.10. The van der Waals surface area contributed by atoms with Crippen LogP contribution < -0.4 is 5.32 Å². The maximum absolute atomic E-state index is 4.70. The Bertz CT molecular complexity index is 808. The molecule has 3 aromatic rings. The molecule has 1 atom stereocenters. The van der Waals surface area contributed by atoms with E-state index < -0.39 is 0 Å². The van der Waals surface area contributed by atoms with E-state index in [1.165, 1.54) is 5.56 Å². The fourth-order valence-electron chi connectivity index (χ4n) is 2.48. The van der Waals surface area contributed by atoms with Crippen molar-refractivity contribution in [2.24, 2.45) is 0 Å². The second-order valence-corrected chi connectivity index (χ2v) is 4.85. The lowest BCUT2D eigenvalue weighted by atomic mass is 10.0. The standard InChI is InChI=1S/C17H13N3/c1-2-6-13-12(5-1)9-10-16(19-13)17-11-18-14-7-3-4-8-15(14)20-17/h1-11,16,19H. The Morgan fingerprint density at radius 2 is 1.70 bits per heavy atom. The normalized spacial score (nSPS) is 16.7. The third kappa shape index (κ3) is 1.84. The van der Waals surface area contributed by atoms with Crippen LogP contribution in [0.15, 0.2) is 60.8 Å². The summed E-state index contributed by atoms with van der Waals surface area (Å²) >= 11 is 0. The smallest absolute Gasteiger partial charge is 0.0891 e. The van der Waals surface area contributed by atoms with Gasteiger partial charge in [-0.3, -0.25) is 4.98 Å². The number of rotatable bonds is 1. The lowest BCUT2D eigenvalue weighted by Crippen LogP contribution is -2.13. The minimum Gasteiger partial charge on any atom is -0.373 e. The van der Waals surface area contributed by atoms with Gasteiger partial charge in [-0.2, -0.15) is 0 Å². The van der Waals surface area contributed by atoms with E-state index in [9.17, 15) is 0 Å². The molecule has 3 nitrogen and oxygen atoms in total. The number of aromatic nitrogens is 2. The van der Waals surface area contributed by atoms with Gasteiger partial charge in [0.1, 0.15) is 0 Å². The number of anilines is 1. The van der Waals surface area contributed by atoms with Crippen molar-refractivity contribution in [1.82, 2.24) is 9.97 Å². The van der Waals surface area contributed by atoms with E-state index in [0.29, 0.717) is 0 Å². The summed E-state index contributed by atoms with van der Waals surface area (Å²) in [7, 11) is 0. The highest BCUT2D eigenvalue weighted by atomic mass is 15.0. The van der Waals surface area contributed by atoms with Crippen molar-refractivity contribution in [3.63, 3.8) is 0 Å². The summed E-state index contributed by atoms with van der Waals surface area (Å²) in [5.41, 5.74) is 5.14. The first-order valence-corrected chi connectivity index (χ1v) is 6.66. The van der Waals surface area contributed by atoms with Crippen LogP contribution in [0.5, 0.6) is 0 Å². The van der Waals surface area contributed by atoms with Crippen molar-refractivity contribution < 1.29 is 0 Å². The molecule has 0 saturated heterocycles. The maximum atomic E-state index is 4.70. The Morgan fingerprint density at radius 1 is 0.900 bits per heavy atom. The number of nitrogens with zero attached hydrogens (tertiary/aromatic N) is 2. The van der Waals surface area contributed by atoms with Crippen LogP contribution in [-0.4, -0.2) is 9.97 Å². The third-order valence-corrected chi connectivity index (χ3v) is 3.53. The molecule has 0 saturated carbocycles. The van der Waals surface area contributed by atoms with Crippen molar-refractivity contribution in [1.29, 1.82) is 0 Å². The number of fused-ring (bicyclic) bond motifs is 2. The van der Waals surface area contributed by atoms with Crippen LogP contribution in [0.25, 0.3) is 17.1 Å². The van der Waals surface area contributed by atoms with Gasteiger partial charge in [0.2, 0.25) is 0 Å². The van der Waals surface area contributed by atoms with Gasteiger partial charge in [0, 0.05) is 5.69 Å². The van der Waals surface area contributed by atoms with Crippen LogP contribution in [0.2, 0.25) is 0 Å². The lowest BCUT2D eigenvalue weighted by Gasteiger charge is -2.21. The molecule has 0 bridgehead atoms. The molecule has 1 N–H and O–H groups in total. The zero-order chi connectivity index (χ0) is 13.4. The Labute approximate surface area is 117 Å². The first kappa shape index (κ1) is 11.2. The molecule has 0 fully saturated rings. The first-order chi connectivity index (χ1) is 9.90. The van der Waals surface area contributed by atoms with Crippen LogP contribution in [0.1, 0.15) is 17.3 Å². The summed E-state index contributed by atoms with van der Waals surface area (Å²) in [4.78, 5) is 9.17. The third-order valence-electron chi connectivity index (χ3n) is 3.53. The lowest BCUT2D eigenvalue weighted by molar-refractivity contribution is 0.916. The topological polar surface area (TPSA) is 37.8 Å². The first-order valence-electron chi connectivity index (χ1n) is 6.66. The van der Waals surface area contributed by atoms with Crippen LogP contribution in [0.3, 0.4) is 0 Å². The second kappa shape index (κ2) is 4.46. The Kier molecular flexibility index (Phi) is 2.49. The number of hydrogen-bond acceptors (Lipinski definition) is 3. The number of hydrogen-bond donors (Lipinski definition) is 1. The summed E-state index contributed by atoms with van der Waals surface area (Å²) in [5.74, 6) is 0. The quantitative estimate of drug-likeness (QED) is 0.722. The molecule has 0 radical (unpaired) electrons. The van der Waals surface area contributed by atoms with E-state index in [1.54, 1.807) is 0 Å². The van der Waals surface area contributed by atoms with Crippen molar-refractivity contribution in [3.05, 3.63) is 72.1 Å². The molecule has 3 heteroatoms. The average Bonchev–Trinajstić information content (AvgIpc) is 2.54. The minimum absolute atomic E-state index is 0.0713. The molecule has 0 spiro atoms. The Hall–Kier alpha value is -2.68. The van der Waals surface area contributed by atoms with E-state index >= 15 is 0 Å². The molecular weight excluding hydrogens is 246 g/mol. The highest BCUT2D eigenvalue weighted by molar-refractivity contribution is 5.75. The molecule has 20 heavy (non-hydrogen) atoms. The maximum Gasteiger partial charge on any atom is 0.0891 e. The summed E-state index contributed by atoms with van der Waals surface area (Å²) in [5, 5.41) is 3.49. The van der Waals surface area contributed by atoms with E-state index in [-0.39, 0.29) is 6.04 Å². The fourth-order valence-corrected chi connectivity index (χ4v) is 2.48. The van der Waals surface area contributed by atoms with Gasteiger partial charge in [0.05, 0.1) is 29.0 Å². The van der Waals surface area contributed by atoms with Crippen molar-refractivity contribution in [3.8, 4) is 0 Å². The van der Waals surface area contributed by atoms with Gasteiger partial charge in [-0.05, 0) is 23.8 Å². The molecule has 96 valence electrons. The van der Waals surface area contributed by atoms with Gasteiger partial charge >= 0.3 is 0 Å². The van der Waals surface area contributed by atoms with Gasteiger partial charge in [0.15, 0.2) is 0 Å². The monoisotopic (exact) mass is 259 g/mol. The van der Waals surface area contributed by atoms with Crippen molar-refractivity contribution >= 4 is 22.8 Å². The highest BCUT2D eigenvalue weighted by Gasteiger charge is 2.15. The minimum atomic E-state index is 0.0713. The fraction of sp³-hybridized carbons (Fsp3) is 0.0588. The van der Waals surface area contributed by atoms with Crippen LogP contribution in [0.4, 0.5) is 5.69 Å². The highest BCUT2D eigenvalue weighted by Crippen LogP contribution is 2.29. The van der Waals surface area contributed by atoms with Gasteiger partial charge < -0.3 is 5.32 Å². The SMILES string of the molecule is C1=CC(c2cnc3ccccc3n2)Nc2ccccc21. The average molecular weight is 259 g/mol. The Morgan fingerprint density at radius 3 is 2.65 bits per heavy atom. The second-order valence-electron chi connectivity index (χ2n) is 4.85. The van der Waals surface area contributed by atoms with Gasteiger partial charge in [-0.1, -0.05) is 42.5 Å². The predicted molar refractivity (Wildman–Crippen MR) is 81.4 cm³/mol. The van der Waals surface area contributed by atoms with Gasteiger partial charge in [-0.25, -0.2) is 4.98 Å². The molecule has 1 aromatic heterocycles. The zero-order valence-corrected chi connectivity index (χ0v) is 10.8. The molecule has 0 amide bonds. The molecular formula is C17H13N3. The van der Waals surface area contributed by atoms with E-state index in [0.717, 1.165) is 22.4 Å². The van der Waals surface area contributed by atoms with Crippen molar-refractivity contribution in [2.75, 3.05) is 5.32 Å². The van der Waals surface area contributed by atoms with E-state index in [4.69, 9.17) is 4.98 Å². The Balaban J connectivity index is 1.74. The van der Waals surface area contributed by atoms with Crippen LogP contribution in [-0.2, 0) is 0 Å². The van der Waals surface area contributed by atoms with Crippen LogP contribution >= 0.6 is 0 Å². The molecule has 1 aliphatic rings. The van der Waals surface area contributed by atoms with Crippen LogP contribution in [0, 0.1) is 0 Å². The largest absolute Gasteiger partial charge is 0.373 e. The molecule has 0 aliphatic carbocycles. The van der Waals surface area contributed by atoms with Gasteiger partial charge in [-0.15, -0.1) is 0 Å².